The molecule has 1 aromatic rings. The van der Waals surface area contributed by atoms with Gasteiger partial charge in [-0.3, -0.25) is 4.90 Å². The molecule has 0 bridgehead atoms. The minimum atomic E-state index is -0.856. The third-order valence-corrected chi connectivity index (χ3v) is 4.96. The summed E-state index contributed by atoms with van der Waals surface area (Å²) >= 11 is 1.90. The van der Waals surface area contributed by atoms with E-state index in [-0.39, 0.29) is 0 Å². The van der Waals surface area contributed by atoms with E-state index >= 15 is 0 Å². The quantitative estimate of drug-likeness (QED) is 0.912. The van der Waals surface area contributed by atoms with Gasteiger partial charge in [0.25, 0.3) is 0 Å². The summed E-state index contributed by atoms with van der Waals surface area (Å²) in [4.78, 5) is 14.6. The lowest BCUT2D eigenvalue weighted by molar-refractivity contribution is -0.156. The summed E-state index contributed by atoms with van der Waals surface area (Å²) in [5.41, 5.74) is 1.41. The molecular formula is C14H17NO3S. The topological polar surface area (TPSA) is 49.8 Å². The normalized spacial score (nSPS) is 27.2. The van der Waals surface area contributed by atoms with Crippen molar-refractivity contribution in [3.05, 3.63) is 29.8 Å². The van der Waals surface area contributed by atoms with Crippen molar-refractivity contribution in [2.45, 2.75) is 16.9 Å². The third kappa shape index (κ3) is 2.78. The molecule has 1 saturated heterocycles. The number of hydrogen-bond acceptors (Lipinski definition) is 4. The fourth-order valence-electron chi connectivity index (χ4n) is 2.71. The molecule has 19 heavy (non-hydrogen) atoms. The van der Waals surface area contributed by atoms with Gasteiger partial charge in [-0.05, 0) is 11.6 Å². The Morgan fingerprint density at radius 1 is 1.47 bits per heavy atom. The SMILES string of the molecule is O=C(O)C1CN(CC2CSc3ccccc32)CCO1. The van der Waals surface area contributed by atoms with E-state index < -0.39 is 12.1 Å². The van der Waals surface area contributed by atoms with Gasteiger partial charge in [-0.1, -0.05) is 18.2 Å². The van der Waals surface area contributed by atoms with Crippen molar-refractivity contribution in [3.63, 3.8) is 0 Å². The molecule has 1 aromatic carbocycles. The molecule has 1 N–H and O–H groups in total. The number of carbonyl (C=O) groups is 1. The first-order chi connectivity index (χ1) is 9.24. The zero-order valence-electron chi connectivity index (χ0n) is 10.6. The molecule has 0 spiro atoms. The molecule has 102 valence electrons. The van der Waals surface area contributed by atoms with Crippen LogP contribution in [0.25, 0.3) is 0 Å². The van der Waals surface area contributed by atoms with Crippen LogP contribution in [-0.2, 0) is 9.53 Å². The molecule has 0 radical (unpaired) electrons. The number of carboxylic acid groups (broad SMARTS) is 1. The Hall–Kier alpha value is -1.04. The van der Waals surface area contributed by atoms with Gasteiger partial charge in [0.05, 0.1) is 6.61 Å². The van der Waals surface area contributed by atoms with Gasteiger partial charge in [0.15, 0.2) is 6.10 Å². The van der Waals surface area contributed by atoms with Crippen molar-refractivity contribution in [3.8, 4) is 0 Å². The Morgan fingerprint density at radius 2 is 2.32 bits per heavy atom. The van der Waals surface area contributed by atoms with Gasteiger partial charge < -0.3 is 9.84 Å². The Kier molecular flexibility index (Phi) is 3.77. The van der Waals surface area contributed by atoms with Crippen molar-refractivity contribution < 1.29 is 14.6 Å². The monoisotopic (exact) mass is 279 g/mol. The maximum absolute atomic E-state index is 11.0. The molecule has 1 fully saturated rings. The average molecular weight is 279 g/mol. The summed E-state index contributed by atoms with van der Waals surface area (Å²) in [6.07, 6.45) is -0.668. The van der Waals surface area contributed by atoms with Crippen molar-refractivity contribution in [2.75, 3.05) is 32.0 Å². The Labute approximate surface area is 116 Å². The standard InChI is InChI=1S/C14H17NO3S/c16-14(17)12-8-15(5-6-18-12)7-10-9-19-13-4-2-1-3-11(10)13/h1-4,10,12H,5-9H2,(H,16,17). The Morgan fingerprint density at radius 3 is 3.16 bits per heavy atom. The van der Waals surface area contributed by atoms with Gasteiger partial charge in [-0.15, -0.1) is 11.8 Å². The number of nitrogens with zero attached hydrogens (tertiary/aromatic N) is 1. The molecule has 2 heterocycles. The van der Waals surface area contributed by atoms with Gasteiger partial charge in [-0.25, -0.2) is 4.79 Å². The maximum atomic E-state index is 11.0. The van der Waals surface area contributed by atoms with Crippen molar-refractivity contribution in [1.29, 1.82) is 0 Å². The van der Waals surface area contributed by atoms with Crippen molar-refractivity contribution >= 4 is 17.7 Å². The van der Waals surface area contributed by atoms with E-state index in [9.17, 15) is 4.79 Å². The van der Waals surface area contributed by atoms with Crippen LogP contribution in [0.4, 0.5) is 0 Å². The lowest BCUT2D eigenvalue weighted by Crippen LogP contribution is -2.47. The number of hydrogen-bond donors (Lipinski definition) is 1. The minimum absolute atomic E-state index is 0.499. The first kappa shape index (κ1) is 13.0. The average Bonchev–Trinajstić information content (AvgIpc) is 2.83. The molecule has 2 atom stereocenters. The van der Waals surface area contributed by atoms with Crippen molar-refractivity contribution in [1.82, 2.24) is 4.90 Å². The fraction of sp³-hybridized carbons (Fsp3) is 0.500. The summed E-state index contributed by atoms with van der Waals surface area (Å²) in [5, 5.41) is 9.02. The largest absolute Gasteiger partial charge is 0.479 e. The van der Waals surface area contributed by atoms with E-state index in [2.05, 4.69) is 29.2 Å². The molecule has 0 aliphatic carbocycles. The highest BCUT2D eigenvalue weighted by atomic mass is 32.2. The van der Waals surface area contributed by atoms with Crippen LogP contribution < -0.4 is 0 Å². The molecule has 2 aliphatic rings. The highest BCUT2D eigenvalue weighted by Crippen LogP contribution is 2.39. The van der Waals surface area contributed by atoms with Crippen LogP contribution >= 0.6 is 11.8 Å². The summed E-state index contributed by atoms with van der Waals surface area (Å²) in [7, 11) is 0. The molecule has 2 unspecified atom stereocenters. The first-order valence-electron chi connectivity index (χ1n) is 6.52. The van der Waals surface area contributed by atoms with E-state index in [1.54, 1.807) is 0 Å². The molecule has 5 heteroatoms. The van der Waals surface area contributed by atoms with Gasteiger partial charge in [-0.2, -0.15) is 0 Å². The van der Waals surface area contributed by atoms with Crippen LogP contribution in [0.1, 0.15) is 11.5 Å². The fourth-order valence-corrected chi connectivity index (χ4v) is 3.95. The minimum Gasteiger partial charge on any atom is -0.479 e. The summed E-state index contributed by atoms with van der Waals surface area (Å²) < 4.78 is 5.26. The van der Waals surface area contributed by atoms with Crippen LogP contribution in [0.3, 0.4) is 0 Å². The smallest absolute Gasteiger partial charge is 0.334 e. The second-order valence-electron chi connectivity index (χ2n) is 5.00. The zero-order valence-corrected chi connectivity index (χ0v) is 11.4. The van der Waals surface area contributed by atoms with Gasteiger partial charge in [0.2, 0.25) is 0 Å². The van der Waals surface area contributed by atoms with Gasteiger partial charge in [0, 0.05) is 36.2 Å². The molecule has 2 aliphatic heterocycles. The zero-order chi connectivity index (χ0) is 13.2. The van der Waals surface area contributed by atoms with E-state index in [1.165, 1.54) is 10.5 Å². The molecule has 0 amide bonds. The lowest BCUT2D eigenvalue weighted by atomic mass is 10.0. The highest BCUT2D eigenvalue weighted by Gasteiger charge is 2.30. The summed E-state index contributed by atoms with van der Waals surface area (Å²) in [6, 6.07) is 8.51. The maximum Gasteiger partial charge on any atom is 0.334 e. The van der Waals surface area contributed by atoms with E-state index in [0.29, 0.717) is 19.1 Å². The predicted octanol–water partition coefficient (Wildman–Crippen LogP) is 1.66. The Balaban J connectivity index is 1.65. The van der Waals surface area contributed by atoms with Crippen LogP contribution in [-0.4, -0.2) is 54.1 Å². The van der Waals surface area contributed by atoms with Gasteiger partial charge >= 0.3 is 5.97 Å². The van der Waals surface area contributed by atoms with Crippen LogP contribution in [0.2, 0.25) is 0 Å². The van der Waals surface area contributed by atoms with Crippen LogP contribution in [0, 0.1) is 0 Å². The number of morpholine rings is 1. The van der Waals surface area contributed by atoms with E-state index in [4.69, 9.17) is 9.84 Å². The molecule has 4 nitrogen and oxygen atoms in total. The number of thioether (sulfide) groups is 1. The van der Waals surface area contributed by atoms with Crippen LogP contribution in [0.15, 0.2) is 29.2 Å². The summed E-state index contributed by atoms with van der Waals surface area (Å²) in [6.45, 7) is 2.77. The van der Waals surface area contributed by atoms with E-state index in [0.717, 1.165) is 18.8 Å². The van der Waals surface area contributed by atoms with Crippen molar-refractivity contribution in [2.24, 2.45) is 0 Å². The first-order valence-corrected chi connectivity index (χ1v) is 7.51. The molecule has 0 aromatic heterocycles. The number of aliphatic carboxylic acids is 1. The number of benzene rings is 1. The highest BCUT2D eigenvalue weighted by molar-refractivity contribution is 7.99. The predicted molar refractivity (Wildman–Crippen MR) is 73.7 cm³/mol. The third-order valence-electron chi connectivity index (χ3n) is 3.70. The Bertz CT molecular complexity index is 480. The number of fused-ring (bicyclic) bond motifs is 1. The molecular weight excluding hydrogens is 262 g/mol. The second-order valence-corrected chi connectivity index (χ2v) is 6.06. The van der Waals surface area contributed by atoms with Gasteiger partial charge in [0.1, 0.15) is 0 Å². The number of ether oxygens (including phenoxy) is 1. The lowest BCUT2D eigenvalue weighted by Gasteiger charge is -2.32. The number of rotatable bonds is 3. The van der Waals surface area contributed by atoms with Crippen LogP contribution in [0.5, 0.6) is 0 Å². The molecule has 0 saturated carbocycles. The second kappa shape index (κ2) is 5.53. The number of carboxylic acids is 1. The summed E-state index contributed by atoms with van der Waals surface area (Å²) in [5.74, 6) is 0.744. The molecule has 3 rings (SSSR count). The van der Waals surface area contributed by atoms with E-state index in [1.807, 2.05) is 11.8 Å².